The zero-order valence-electron chi connectivity index (χ0n) is 7.37. The first-order valence-corrected chi connectivity index (χ1v) is 4.83. The fourth-order valence-corrected chi connectivity index (χ4v) is 2.47. The van der Waals surface area contributed by atoms with Crippen LogP contribution in [0.3, 0.4) is 0 Å². The molecular weight excluding hydrogens is 150 g/mol. The molecule has 68 valence electrons. The minimum atomic E-state index is -0.124. The largest absolute Gasteiger partial charge is 0.393 e. The van der Waals surface area contributed by atoms with Crippen LogP contribution in [-0.2, 0) is 0 Å². The van der Waals surface area contributed by atoms with Gasteiger partial charge < -0.3 is 10.8 Å². The quantitative estimate of drug-likeness (QED) is 0.576. The average Bonchev–Trinajstić information content (AvgIpc) is 2.04. The normalized spacial score (nSPS) is 47.2. The second kappa shape index (κ2) is 2.86. The molecule has 0 heterocycles. The Hall–Kier alpha value is -0.340. The highest BCUT2D eigenvalue weighted by atomic mass is 16.3. The van der Waals surface area contributed by atoms with Crippen molar-refractivity contribution in [1.82, 2.24) is 0 Å². The lowest BCUT2D eigenvalue weighted by atomic mass is 9.64. The lowest BCUT2D eigenvalue weighted by Gasteiger charge is -2.48. The molecule has 3 N–H and O–H groups in total. The molecule has 0 saturated heterocycles. The maximum Gasteiger partial charge on any atom is 0.0575 e. The molecule has 2 aliphatic carbocycles. The van der Waals surface area contributed by atoms with Gasteiger partial charge in [0.15, 0.2) is 0 Å². The second-order valence-corrected chi connectivity index (χ2v) is 4.28. The van der Waals surface area contributed by atoms with Crippen LogP contribution in [0.2, 0.25) is 0 Å². The molecule has 2 aliphatic rings. The van der Waals surface area contributed by atoms with E-state index in [9.17, 15) is 5.11 Å². The van der Waals surface area contributed by atoms with E-state index in [4.69, 9.17) is 5.73 Å². The molecular formula is C10H17NO. The summed E-state index contributed by atoms with van der Waals surface area (Å²) in [6.45, 7) is 0. The summed E-state index contributed by atoms with van der Waals surface area (Å²) >= 11 is 0. The van der Waals surface area contributed by atoms with Gasteiger partial charge in [0.05, 0.1) is 6.10 Å². The lowest BCUT2D eigenvalue weighted by Crippen LogP contribution is -2.59. The molecule has 0 radical (unpaired) electrons. The monoisotopic (exact) mass is 167 g/mol. The van der Waals surface area contributed by atoms with Crippen LogP contribution in [0.4, 0.5) is 0 Å². The molecule has 0 aliphatic heterocycles. The topological polar surface area (TPSA) is 46.2 Å². The van der Waals surface area contributed by atoms with Crippen LogP contribution in [0.1, 0.15) is 32.1 Å². The summed E-state index contributed by atoms with van der Waals surface area (Å²) < 4.78 is 0. The SMILES string of the molecule is NC1(C2CC=CCC2)CC(O)C1. The highest BCUT2D eigenvalue weighted by Crippen LogP contribution is 2.41. The maximum atomic E-state index is 9.22. The van der Waals surface area contributed by atoms with Gasteiger partial charge in [-0.05, 0) is 38.0 Å². The van der Waals surface area contributed by atoms with E-state index < -0.39 is 0 Å². The molecule has 2 nitrogen and oxygen atoms in total. The van der Waals surface area contributed by atoms with Gasteiger partial charge in [0, 0.05) is 5.54 Å². The van der Waals surface area contributed by atoms with Gasteiger partial charge >= 0.3 is 0 Å². The number of rotatable bonds is 1. The Morgan fingerprint density at radius 1 is 1.33 bits per heavy atom. The van der Waals surface area contributed by atoms with Gasteiger partial charge in [-0.15, -0.1) is 0 Å². The van der Waals surface area contributed by atoms with Gasteiger partial charge in [0.1, 0.15) is 0 Å². The first-order valence-electron chi connectivity index (χ1n) is 4.83. The predicted octanol–water partition coefficient (Wildman–Crippen LogP) is 1.19. The maximum absolute atomic E-state index is 9.22. The van der Waals surface area contributed by atoms with E-state index >= 15 is 0 Å². The van der Waals surface area contributed by atoms with Crippen molar-refractivity contribution in [3.8, 4) is 0 Å². The zero-order valence-corrected chi connectivity index (χ0v) is 7.37. The summed E-state index contributed by atoms with van der Waals surface area (Å²) in [7, 11) is 0. The molecule has 2 heteroatoms. The Morgan fingerprint density at radius 3 is 2.58 bits per heavy atom. The summed E-state index contributed by atoms with van der Waals surface area (Å²) in [5, 5.41) is 9.22. The van der Waals surface area contributed by atoms with E-state index in [2.05, 4.69) is 12.2 Å². The van der Waals surface area contributed by atoms with Crippen molar-refractivity contribution in [1.29, 1.82) is 0 Å². The van der Waals surface area contributed by atoms with Crippen molar-refractivity contribution in [2.75, 3.05) is 0 Å². The third-order valence-corrected chi connectivity index (χ3v) is 3.31. The van der Waals surface area contributed by atoms with Crippen LogP contribution < -0.4 is 5.73 Å². The first-order chi connectivity index (χ1) is 5.71. The van der Waals surface area contributed by atoms with E-state index in [-0.39, 0.29) is 11.6 Å². The fraction of sp³-hybridized carbons (Fsp3) is 0.800. The Bertz CT molecular complexity index is 194. The first kappa shape index (κ1) is 8.27. The fourth-order valence-electron chi connectivity index (χ4n) is 2.47. The van der Waals surface area contributed by atoms with Gasteiger partial charge in [0.2, 0.25) is 0 Å². The molecule has 12 heavy (non-hydrogen) atoms. The molecule has 1 fully saturated rings. The predicted molar refractivity (Wildman–Crippen MR) is 48.6 cm³/mol. The van der Waals surface area contributed by atoms with Crippen molar-refractivity contribution in [2.24, 2.45) is 11.7 Å². The number of hydrogen-bond donors (Lipinski definition) is 2. The number of aliphatic hydroxyl groups excluding tert-OH is 1. The van der Waals surface area contributed by atoms with Crippen LogP contribution in [0, 0.1) is 5.92 Å². The van der Waals surface area contributed by atoms with Gasteiger partial charge in [0.25, 0.3) is 0 Å². The molecule has 1 unspecified atom stereocenters. The Kier molecular flexibility index (Phi) is 1.97. The standard InChI is InChI=1S/C10H17NO/c11-10(6-9(12)7-10)8-4-2-1-3-5-8/h1-2,8-9,12H,3-7,11H2. The van der Waals surface area contributed by atoms with Crippen LogP contribution >= 0.6 is 0 Å². The van der Waals surface area contributed by atoms with Crippen LogP contribution in [0.25, 0.3) is 0 Å². The van der Waals surface area contributed by atoms with Crippen molar-refractivity contribution in [2.45, 2.75) is 43.7 Å². The molecule has 1 atom stereocenters. The van der Waals surface area contributed by atoms with Crippen LogP contribution in [0.5, 0.6) is 0 Å². The molecule has 0 spiro atoms. The van der Waals surface area contributed by atoms with Gasteiger partial charge in [-0.25, -0.2) is 0 Å². The Labute approximate surface area is 73.5 Å². The Morgan fingerprint density at radius 2 is 2.08 bits per heavy atom. The molecule has 2 rings (SSSR count). The number of allylic oxidation sites excluding steroid dienone is 2. The lowest BCUT2D eigenvalue weighted by molar-refractivity contribution is -0.0107. The minimum Gasteiger partial charge on any atom is -0.393 e. The molecule has 0 aromatic carbocycles. The van der Waals surface area contributed by atoms with E-state index in [1.807, 2.05) is 0 Å². The van der Waals surface area contributed by atoms with Gasteiger partial charge in [-0.1, -0.05) is 12.2 Å². The third-order valence-electron chi connectivity index (χ3n) is 3.31. The molecule has 0 aromatic rings. The summed E-state index contributed by atoms with van der Waals surface area (Å²) in [5.74, 6) is 0.617. The minimum absolute atomic E-state index is 0.0375. The van der Waals surface area contributed by atoms with Crippen molar-refractivity contribution in [3.63, 3.8) is 0 Å². The van der Waals surface area contributed by atoms with E-state index in [1.54, 1.807) is 0 Å². The number of hydrogen-bond acceptors (Lipinski definition) is 2. The van der Waals surface area contributed by atoms with E-state index in [0.29, 0.717) is 5.92 Å². The van der Waals surface area contributed by atoms with Crippen molar-refractivity contribution in [3.05, 3.63) is 12.2 Å². The molecule has 0 amide bonds. The third kappa shape index (κ3) is 1.29. The number of aliphatic hydroxyl groups is 1. The highest BCUT2D eigenvalue weighted by molar-refractivity contribution is 5.07. The average molecular weight is 167 g/mol. The smallest absolute Gasteiger partial charge is 0.0575 e. The molecule has 0 bridgehead atoms. The molecule has 0 aromatic heterocycles. The second-order valence-electron chi connectivity index (χ2n) is 4.28. The zero-order chi connectivity index (χ0) is 8.60. The highest BCUT2D eigenvalue weighted by Gasteiger charge is 2.45. The van der Waals surface area contributed by atoms with Crippen LogP contribution in [0.15, 0.2) is 12.2 Å². The van der Waals surface area contributed by atoms with Gasteiger partial charge in [-0.2, -0.15) is 0 Å². The van der Waals surface area contributed by atoms with Crippen LogP contribution in [-0.4, -0.2) is 16.7 Å². The summed E-state index contributed by atoms with van der Waals surface area (Å²) in [5.41, 5.74) is 6.14. The van der Waals surface area contributed by atoms with E-state index in [1.165, 1.54) is 12.8 Å². The number of nitrogens with two attached hydrogens (primary N) is 1. The summed E-state index contributed by atoms with van der Waals surface area (Å²) in [6, 6.07) is 0. The van der Waals surface area contributed by atoms with Gasteiger partial charge in [-0.3, -0.25) is 0 Å². The Balaban J connectivity index is 1.95. The summed E-state index contributed by atoms with van der Waals surface area (Å²) in [4.78, 5) is 0. The van der Waals surface area contributed by atoms with E-state index in [0.717, 1.165) is 19.3 Å². The molecule has 1 saturated carbocycles. The van der Waals surface area contributed by atoms with Crippen molar-refractivity contribution < 1.29 is 5.11 Å². The summed E-state index contributed by atoms with van der Waals surface area (Å²) in [6.07, 6.45) is 9.45. The van der Waals surface area contributed by atoms with Crippen molar-refractivity contribution >= 4 is 0 Å².